The maximum absolute atomic E-state index is 11.8. The zero-order valence-corrected chi connectivity index (χ0v) is 10.7. The third-order valence-electron chi connectivity index (χ3n) is 2.11. The predicted octanol–water partition coefficient (Wildman–Crippen LogP) is 3.01. The number of halogens is 1. The predicted molar refractivity (Wildman–Crippen MR) is 68.7 cm³/mol. The van der Waals surface area contributed by atoms with Crippen molar-refractivity contribution in [1.29, 1.82) is 0 Å². The summed E-state index contributed by atoms with van der Waals surface area (Å²) >= 11 is 7.08. The molecule has 0 fully saturated rings. The van der Waals surface area contributed by atoms with Crippen LogP contribution in [-0.2, 0) is 6.42 Å². The molecule has 88 valence electrons. The van der Waals surface area contributed by atoms with Crippen molar-refractivity contribution in [1.82, 2.24) is 10.2 Å². The van der Waals surface area contributed by atoms with Gasteiger partial charge < -0.3 is 5.32 Å². The van der Waals surface area contributed by atoms with Gasteiger partial charge in [-0.05, 0) is 30.7 Å². The highest BCUT2D eigenvalue weighted by Gasteiger charge is 2.09. The zero-order valence-electron chi connectivity index (χ0n) is 9.11. The second-order valence-electron chi connectivity index (χ2n) is 3.31. The molecule has 0 saturated heterocycles. The van der Waals surface area contributed by atoms with Gasteiger partial charge in [0.2, 0.25) is 0 Å². The fourth-order valence-electron chi connectivity index (χ4n) is 1.25. The molecule has 0 atom stereocenters. The summed E-state index contributed by atoms with van der Waals surface area (Å²) in [5, 5.41) is 10.4. The van der Waals surface area contributed by atoms with Crippen LogP contribution in [0.2, 0.25) is 5.15 Å². The Balaban J connectivity index is 2.08. The van der Waals surface area contributed by atoms with Crippen LogP contribution in [0.15, 0.2) is 24.3 Å². The molecule has 0 unspecified atom stereocenters. The highest BCUT2D eigenvalue weighted by molar-refractivity contribution is 7.14. The number of thiophene rings is 1. The van der Waals surface area contributed by atoms with Crippen molar-refractivity contribution in [3.63, 3.8) is 0 Å². The van der Waals surface area contributed by atoms with E-state index in [-0.39, 0.29) is 5.91 Å². The molecule has 2 rings (SSSR count). The molecular weight excluding hydrogens is 258 g/mol. The molecule has 0 aliphatic heterocycles. The van der Waals surface area contributed by atoms with E-state index >= 15 is 0 Å². The van der Waals surface area contributed by atoms with Crippen LogP contribution in [-0.4, -0.2) is 16.1 Å². The minimum atomic E-state index is -0.175. The number of aryl methyl sites for hydroxylation is 1. The molecule has 17 heavy (non-hydrogen) atoms. The number of rotatable bonds is 3. The van der Waals surface area contributed by atoms with Crippen molar-refractivity contribution in [2.24, 2.45) is 0 Å². The quantitative estimate of drug-likeness (QED) is 0.930. The van der Waals surface area contributed by atoms with Crippen LogP contribution in [0.1, 0.15) is 21.5 Å². The van der Waals surface area contributed by atoms with Crippen LogP contribution in [0.3, 0.4) is 0 Å². The van der Waals surface area contributed by atoms with Gasteiger partial charge in [-0.3, -0.25) is 4.79 Å². The molecule has 0 saturated carbocycles. The zero-order chi connectivity index (χ0) is 12.3. The lowest BCUT2D eigenvalue weighted by Crippen LogP contribution is -2.11. The van der Waals surface area contributed by atoms with Gasteiger partial charge in [0.05, 0.1) is 4.88 Å². The number of aromatic nitrogens is 2. The first-order valence-corrected chi connectivity index (χ1v) is 6.28. The van der Waals surface area contributed by atoms with Gasteiger partial charge in [0, 0.05) is 4.88 Å². The molecule has 0 aliphatic carbocycles. The second kappa shape index (κ2) is 5.25. The molecule has 1 amide bonds. The van der Waals surface area contributed by atoms with Crippen LogP contribution in [0, 0.1) is 0 Å². The maximum atomic E-state index is 11.8. The number of hydrogen-bond acceptors (Lipinski definition) is 4. The molecule has 0 spiro atoms. The molecule has 0 bridgehead atoms. The normalized spacial score (nSPS) is 10.2. The molecule has 0 aromatic carbocycles. The fourth-order valence-corrected chi connectivity index (χ4v) is 2.19. The number of hydrogen-bond donors (Lipinski definition) is 1. The van der Waals surface area contributed by atoms with E-state index in [0.29, 0.717) is 15.8 Å². The first-order chi connectivity index (χ1) is 8.19. The molecular formula is C11H10ClN3OS. The van der Waals surface area contributed by atoms with Gasteiger partial charge in [-0.1, -0.05) is 18.5 Å². The molecule has 0 radical (unpaired) electrons. The summed E-state index contributed by atoms with van der Waals surface area (Å²) in [5.74, 6) is 0.220. The highest BCUT2D eigenvalue weighted by atomic mass is 35.5. The Hall–Kier alpha value is -1.46. The van der Waals surface area contributed by atoms with Crippen LogP contribution >= 0.6 is 22.9 Å². The standard InChI is InChI=1S/C11H10ClN3OS/c1-2-7-3-4-8(17-7)11(16)13-10-6-5-9(12)14-15-10/h3-6H,2H2,1H3,(H,13,15,16). The van der Waals surface area contributed by atoms with E-state index in [0.717, 1.165) is 6.42 Å². The highest BCUT2D eigenvalue weighted by Crippen LogP contribution is 2.18. The van der Waals surface area contributed by atoms with Gasteiger partial charge >= 0.3 is 0 Å². The first-order valence-electron chi connectivity index (χ1n) is 5.08. The minimum absolute atomic E-state index is 0.175. The number of nitrogens with zero attached hydrogens (tertiary/aromatic N) is 2. The molecule has 4 nitrogen and oxygen atoms in total. The SMILES string of the molecule is CCc1ccc(C(=O)Nc2ccc(Cl)nn2)s1. The van der Waals surface area contributed by atoms with Gasteiger partial charge in [-0.15, -0.1) is 21.5 Å². The lowest BCUT2D eigenvalue weighted by atomic mass is 10.3. The van der Waals surface area contributed by atoms with E-state index in [4.69, 9.17) is 11.6 Å². The molecule has 1 N–H and O–H groups in total. The monoisotopic (exact) mass is 267 g/mol. The molecule has 2 aromatic heterocycles. The Morgan fingerprint density at radius 3 is 2.76 bits per heavy atom. The van der Waals surface area contributed by atoms with Gasteiger partial charge in [-0.2, -0.15) is 0 Å². The Kier molecular flexibility index (Phi) is 3.71. The number of nitrogens with one attached hydrogen (secondary N) is 1. The average Bonchev–Trinajstić information content (AvgIpc) is 2.81. The molecule has 6 heteroatoms. The van der Waals surface area contributed by atoms with Crippen LogP contribution < -0.4 is 5.32 Å². The van der Waals surface area contributed by atoms with Gasteiger partial charge in [0.1, 0.15) is 0 Å². The number of amides is 1. The van der Waals surface area contributed by atoms with Crippen molar-refractivity contribution in [2.45, 2.75) is 13.3 Å². The fraction of sp³-hybridized carbons (Fsp3) is 0.182. The van der Waals surface area contributed by atoms with Crippen LogP contribution in [0.4, 0.5) is 5.82 Å². The van der Waals surface area contributed by atoms with E-state index in [1.807, 2.05) is 12.1 Å². The van der Waals surface area contributed by atoms with E-state index in [9.17, 15) is 4.79 Å². The lowest BCUT2D eigenvalue weighted by Gasteiger charge is -2.00. The van der Waals surface area contributed by atoms with E-state index in [1.165, 1.54) is 16.2 Å². The van der Waals surface area contributed by atoms with E-state index in [2.05, 4.69) is 22.4 Å². The summed E-state index contributed by atoms with van der Waals surface area (Å²) < 4.78 is 0. The Morgan fingerprint density at radius 1 is 1.35 bits per heavy atom. The molecule has 0 aliphatic rings. The van der Waals surface area contributed by atoms with Crippen molar-refractivity contribution < 1.29 is 4.79 Å². The third kappa shape index (κ3) is 3.01. The smallest absolute Gasteiger partial charge is 0.266 e. The first kappa shape index (κ1) is 12.0. The summed E-state index contributed by atoms with van der Waals surface area (Å²) in [4.78, 5) is 13.7. The largest absolute Gasteiger partial charge is 0.304 e. The summed E-state index contributed by atoms with van der Waals surface area (Å²) in [6.45, 7) is 2.05. The van der Waals surface area contributed by atoms with Crippen LogP contribution in [0.25, 0.3) is 0 Å². The third-order valence-corrected chi connectivity index (χ3v) is 3.54. The number of anilines is 1. The number of carbonyl (C=O) groups is 1. The van der Waals surface area contributed by atoms with Crippen LogP contribution in [0.5, 0.6) is 0 Å². The van der Waals surface area contributed by atoms with Gasteiger partial charge in [0.25, 0.3) is 5.91 Å². The van der Waals surface area contributed by atoms with E-state index in [1.54, 1.807) is 12.1 Å². The number of carbonyl (C=O) groups excluding carboxylic acids is 1. The molecule has 2 aromatic rings. The van der Waals surface area contributed by atoms with Gasteiger partial charge in [0.15, 0.2) is 11.0 Å². The second-order valence-corrected chi connectivity index (χ2v) is 4.87. The van der Waals surface area contributed by atoms with Gasteiger partial charge in [-0.25, -0.2) is 0 Å². The van der Waals surface area contributed by atoms with Crippen molar-refractivity contribution in [3.8, 4) is 0 Å². The lowest BCUT2D eigenvalue weighted by molar-refractivity contribution is 0.103. The van der Waals surface area contributed by atoms with Crippen molar-refractivity contribution in [3.05, 3.63) is 39.2 Å². The van der Waals surface area contributed by atoms with E-state index < -0.39 is 0 Å². The average molecular weight is 268 g/mol. The Morgan fingerprint density at radius 2 is 2.18 bits per heavy atom. The summed E-state index contributed by atoms with van der Waals surface area (Å²) in [5.41, 5.74) is 0. The summed E-state index contributed by atoms with van der Waals surface area (Å²) in [7, 11) is 0. The molecule has 2 heterocycles. The van der Waals surface area contributed by atoms with Crippen molar-refractivity contribution >= 4 is 34.7 Å². The summed E-state index contributed by atoms with van der Waals surface area (Å²) in [6.07, 6.45) is 0.929. The minimum Gasteiger partial charge on any atom is -0.304 e. The summed E-state index contributed by atoms with van der Waals surface area (Å²) in [6, 6.07) is 6.95. The maximum Gasteiger partial charge on any atom is 0.266 e. The Bertz CT molecular complexity index is 524. The van der Waals surface area contributed by atoms with Crippen molar-refractivity contribution in [2.75, 3.05) is 5.32 Å². The Labute approximate surface area is 108 Å². The topological polar surface area (TPSA) is 54.9 Å².